The second-order valence-electron chi connectivity index (χ2n) is 8.18. The molecule has 0 aliphatic carbocycles. The van der Waals surface area contributed by atoms with Crippen molar-refractivity contribution in [2.24, 2.45) is 0 Å². The Morgan fingerprint density at radius 3 is 2.55 bits per heavy atom. The monoisotopic (exact) mass is 464 g/mol. The normalized spacial score (nSPS) is 15.9. The first kappa shape index (κ1) is 22.9. The van der Waals surface area contributed by atoms with Gasteiger partial charge in [0.1, 0.15) is 10.5 Å². The summed E-state index contributed by atoms with van der Waals surface area (Å²) < 4.78 is 33.3. The molecule has 0 aromatic heterocycles. The SMILES string of the molecule is CC1Cc2ccccc2N1NC(=O)c1ccc(Cl)c(S(=O)(=O)[N]C(=O)OC(C)(C)C)c1. The highest BCUT2D eigenvalue weighted by Gasteiger charge is 2.30. The number of benzene rings is 2. The standard InChI is InChI=1S/C21H23ClN3O5S/c1-13-11-14-7-5-6-8-17(14)25(13)23-19(26)15-9-10-16(22)18(12-15)31(28,29)24-20(27)30-21(2,3)4/h5-10,12-13H,11H2,1-4H3,(H,23,26). The summed E-state index contributed by atoms with van der Waals surface area (Å²) in [7, 11) is -4.48. The number of carbonyl (C=O) groups is 2. The summed E-state index contributed by atoms with van der Waals surface area (Å²) in [6.45, 7) is 6.73. The van der Waals surface area contributed by atoms with Gasteiger partial charge in [-0.2, -0.15) is 8.42 Å². The minimum absolute atomic E-state index is 0.0269. The molecular weight excluding hydrogens is 442 g/mol. The van der Waals surface area contributed by atoms with Gasteiger partial charge in [0.2, 0.25) is 0 Å². The summed E-state index contributed by atoms with van der Waals surface area (Å²) >= 11 is 6.03. The fourth-order valence-electron chi connectivity index (χ4n) is 3.18. The number of sulfonamides is 1. The molecule has 2 aromatic carbocycles. The molecule has 1 aliphatic rings. The molecule has 0 saturated carbocycles. The third kappa shape index (κ3) is 5.29. The van der Waals surface area contributed by atoms with Crippen LogP contribution >= 0.6 is 11.6 Å². The van der Waals surface area contributed by atoms with E-state index < -0.39 is 32.5 Å². The van der Waals surface area contributed by atoms with E-state index in [0.717, 1.165) is 23.7 Å². The molecule has 1 N–H and O–H groups in total. The minimum Gasteiger partial charge on any atom is -0.442 e. The molecule has 1 aliphatic heterocycles. The van der Waals surface area contributed by atoms with E-state index in [1.807, 2.05) is 31.2 Å². The van der Waals surface area contributed by atoms with Crippen molar-refractivity contribution in [1.29, 1.82) is 0 Å². The van der Waals surface area contributed by atoms with Gasteiger partial charge in [0.05, 0.1) is 16.8 Å². The van der Waals surface area contributed by atoms with Crippen molar-refractivity contribution in [1.82, 2.24) is 10.1 Å². The molecule has 31 heavy (non-hydrogen) atoms. The second kappa shape index (κ2) is 8.39. The largest absolute Gasteiger partial charge is 0.445 e. The molecule has 1 heterocycles. The summed E-state index contributed by atoms with van der Waals surface area (Å²) in [5.74, 6) is -0.520. The van der Waals surface area contributed by atoms with Gasteiger partial charge in [0.15, 0.2) is 0 Å². The van der Waals surface area contributed by atoms with Crippen LogP contribution in [0.4, 0.5) is 10.5 Å². The van der Waals surface area contributed by atoms with Gasteiger partial charge in [-0.15, -0.1) is 0 Å². The highest BCUT2D eigenvalue weighted by molar-refractivity contribution is 7.90. The molecule has 10 heteroatoms. The Bertz CT molecular complexity index is 1130. The van der Waals surface area contributed by atoms with Gasteiger partial charge >= 0.3 is 6.09 Å². The lowest BCUT2D eigenvalue weighted by Crippen LogP contribution is -2.45. The summed E-state index contributed by atoms with van der Waals surface area (Å²) in [4.78, 5) is 24.3. The van der Waals surface area contributed by atoms with Crippen molar-refractivity contribution in [3.05, 3.63) is 58.6 Å². The smallest absolute Gasteiger partial charge is 0.442 e. The van der Waals surface area contributed by atoms with Gasteiger partial charge in [-0.05, 0) is 63.9 Å². The zero-order valence-electron chi connectivity index (χ0n) is 17.5. The molecule has 0 fully saturated rings. The fraction of sp³-hybridized carbons (Fsp3) is 0.333. The first-order chi connectivity index (χ1) is 14.4. The number of carbonyl (C=O) groups excluding carboxylic acids is 2. The summed E-state index contributed by atoms with van der Waals surface area (Å²) in [6.07, 6.45) is -0.494. The van der Waals surface area contributed by atoms with Crippen molar-refractivity contribution in [3.8, 4) is 0 Å². The van der Waals surface area contributed by atoms with Crippen LogP contribution in [0, 0.1) is 0 Å². The highest BCUT2D eigenvalue weighted by atomic mass is 35.5. The molecule has 1 atom stereocenters. The van der Waals surface area contributed by atoms with E-state index in [-0.39, 0.29) is 16.6 Å². The molecule has 2 amide bonds. The van der Waals surface area contributed by atoms with Crippen molar-refractivity contribution in [2.75, 3.05) is 5.01 Å². The Labute approximate surface area is 186 Å². The summed E-state index contributed by atoms with van der Waals surface area (Å²) in [6, 6.07) is 11.5. The molecule has 3 rings (SSSR count). The van der Waals surface area contributed by atoms with Crippen LogP contribution in [0.15, 0.2) is 47.4 Å². The summed E-state index contributed by atoms with van der Waals surface area (Å²) in [5.41, 5.74) is 3.93. The number of ether oxygens (including phenoxy) is 1. The van der Waals surface area contributed by atoms with E-state index in [0.29, 0.717) is 0 Å². The molecule has 165 valence electrons. The van der Waals surface area contributed by atoms with Crippen molar-refractivity contribution >= 4 is 39.3 Å². The van der Waals surface area contributed by atoms with Crippen LogP contribution in [-0.4, -0.2) is 32.1 Å². The van der Waals surface area contributed by atoms with Crippen molar-refractivity contribution in [2.45, 2.75) is 50.7 Å². The highest BCUT2D eigenvalue weighted by Crippen LogP contribution is 2.30. The van der Waals surface area contributed by atoms with Crippen LogP contribution < -0.4 is 15.2 Å². The van der Waals surface area contributed by atoms with Gasteiger partial charge in [0.25, 0.3) is 15.9 Å². The Morgan fingerprint density at radius 1 is 1.19 bits per heavy atom. The number of hydrogen-bond donors (Lipinski definition) is 1. The average Bonchev–Trinajstić information content (AvgIpc) is 2.95. The molecule has 1 unspecified atom stereocenters. The van der Waals surface area contributed by atoms with Crippen LogP contribution in [-0.2, 0) is 21.2 Å². The van der Waals surface area contributed by atoms with Gasteiger partial charge < -0.3 is 4.74 Å². The number of halogens is 1. The third-order valence-electron chi connectivity index (χ3n) is 4.49. The van der Waals surface area contributed by atoms with Gasteiger partial charge in [0, 0.05) is 5.56 Å². The number of amides is 2. The van der Waals surface area contributed by atoms with Gasteiger partial charge in [-0.3, -0.25) is 15.2 Å². The maximum Gasteiger partial charge on any atom is 0.445 e. The molecule has 0 bridgehead atoms. The number of para-hydroxylation sites is 1. The maximum absolute atomic E-state index is 12.8. The zero-order chi connectivity index (χ0) is 23.0. The van der Waals surface area contributed by atoms with E-state index in [1.165, 1.54) is 12.1 Å². The second-order valence-corrected chi connectivity index (χ2v) is 10.2. The van der Waals surface area contributed by atoms with E-state index in [1.54, 1.807) is 25.8 Å². The predicted octanol–water partition coefficient (Wildman–Crippen LogP) is 3.66. The Morgan fingerprint density at radius 2 is 1.87 bits per heavy atom. The van der Waals surface area contributed by atoms with Crippen molar-refractivity contribution in [3.63, 3.8) is 0 Å². The van der Waals surface area contributed by atoms with E-state index in [4.69, 9.17) is 16.3 Å². The van der Waals surface area contributed by atoms with Gasteiger partial charge in [-0.1, -0.05) is 34.5 Å². The number of fused-ring (bicyclic) bond motifs is 1. The Hall–Kier alpha value is -2.78. The molecule has 2 aromatic rings. The summed E-state index contributed by atoms with van der Waals surface area (Å²) in [5, 5.41) is 1.58. The molecule has 0 saturated heterocycles. The van der Waals surface area contributed by atoms with Crippen LogP contribution in [0.3, 0.4) is 0 Å². The van der Waals surface area contributed by atoms with Crippen molar-refractivity contribution < 1.29 is 22.7 Å². The molecule has 8 nitrogen and oxygen atoms in total. The lowest BCUT2D eigenvalue weighted by atomic mass is 10.1. The Balaban J connectivity index is 1.82. The maximum atomic E-state index is 12.8. The third-order valence-corrected chi connectivity index (χ3v) is 6.21. The lowest BCUT2D eigenvalue weighted by molar-refractivity contribution is 0.0565. The fourth-order valence-corrected chi connectivity index (χ4v) is 4.51. The van der Waals surface area contributed by atoms with Crippen LogP contribution in [0.25, 0.3) is 0 Å². The minimum atomic E-state index is -4.48. The molecular formula is C21H23ClN3O5S. The average molecular weight is 465 g/mol. The lowest BCUT2D eigenvalue weighted by Gasteiger charge is -2.25. The van der Waals surface area contributed by atoms with Crippen LogP contribution in [0.1, 0.15) is 43.6 Å². The predicted molar refractivity (Wildman–Crippen MR) is 117 cm³/mol. The number of rotatable bonds is 4. The first-order valence-electron chi connectivity index (χ1n) is 9.56. The van der Waals surface area contributed by atoms with Crippen LogP contribution in [0.5, 0.6) is 0 Å². The molecule has 0 spiro atoms. The van der Waals surface area contributed by atoms with Crippen LogP contribution in [0.2, 0.25) is 5.02 Å². The first-order valence-corrected chi connectivity index (χ1v) is 11.4. The quantitative estimate of drug-likeness (QED) is 0.739. The van der Waals surface area contributed by atoms with Gasteiger partial charge in [-0.25, -0.2) is 4.79 Å². The Kier molecular flexibility index (Phi) is 6.20. The molecule has 1 radical (unpaired) electrons. The number of nitrogens with one attached hydrogen (secondary N) is 1. The van der Waals surface area contributed by atoms with E-state index >= 15 is 0 Å². The van der Waals surface area contributed by atoms with E-state index in [2.05, 4.69) is 10.1 Å². The number of hydrazine groups is 1. The number of anilines is 1. The topological polar surface area (TPSA) is 107 Å². The number of hydrogen-bond acceptors (Lipinski definition) is 6. The zero-order valence-corrected chi connectivity index (χ0v) is 19.1. The van der Waals surface area contributed by atoms with E-state index in [9.17, 15) is 18.0 Å². The number of nitrogens with zero attached hydrogens (tertiary/aromatic N) is 2.